The van der Waals surface area contributed by atoms with Crippen molar-refractivity contribution in [2.75, 3.05) is 0 Å². The van der Waals surface area contributed by atoms with Gasteiger partial charge in [-0.05, 0) is 18.2 Å². The van der Waals surface area contributed by atoms with Crippen molar-refractivity contribution in [2.45, 2.75) is 4.90 Å². The first kappa shape index (κ1) is 21.2. The standard InChI is InChI=1S/C22H19N5O4S/c1-27-13-15(11-20(27)21(23)28)32(30,31)26-25-22(29)17-12-19(14-7-3-2-4-8-14)24-18-10-6-5-9-16(17)18/h2-13,26H,1H3,(H2,23,28)(H,25,29). The Morgan fingerprint density at radius 3 is 2.38 bits per heavy atom. The molecule has 32 heavy (non-hydrogen) atoms. The van der Waals surface area contributed by atoms with Gasteiger partial charge >= 0.3 is 0 Å². The van der Waals surface area contributed by atoms with Crippen molar-refractivity contribution in [2.24, 2.45) is 12.8 Å². The van der Waals surface area contributed by atoms with Crippen LogP contribution < -0.4 is 16.0 Å². The lowest BCUT2D eigenvalue weighted by Gasteiger charge is -2.11. The lowest BCUT2D eigenvalue weighted by Crippen LogP contribution is -2.41. The van der Waals surface area contributed by atoms with Gasteiger partial charge < -0.3 is 10.3 Å². The molecule has 0 aliphatic heterocycles. The predicted molar refractivity (Wildman–Crippen MR) is 119 cm³/mol. The Hall–Kier alpha value is -4.02. The highest BCUT2D eigenvalue weighted by molar-refractivity contribution is 7.89. The van der Waals surface area contributed by atoms with Crippen LogP contribution in [0.15, 0.2) is 77.8 Å². The summed E-state index contributed by atoms with van der Waals surface area (Å²) in [6, 6.07) is 19.2. The molecule has 4 rings (SSSR count). The Balaban J connectivity index is 1.65. The van der Waals surface area contributed by atoms with Crippen LogP contribution in [0.5, 0.6) is 0 Å². The second-order valence-electron chi connectivity index (χ2n) is 7.03. The molecule has 0 unspecified atom stereocenters. The molecule has 9 nitrogen and oxygen atoms in total. The SMILES string of the molecule is Cn1cc(S(=O)(=O)NNC(=O)c2cc(-c3ccccc3)nc3ccccc23)cc1C(N)=O. The Kier molecular flexibility index (Phi) is 5.47. The first-order chi connectivity index (χ1) is 15.3. The Morgan fingerprint density at radius 2 is 1.69 bits per heavy atom. The molecule has 0 saturated carbocycles. The first-order valence-electron chi connectivity index (χ1n) is 9.50. The number of rotatable bonds is 6. The second-order valence-corrected chi connectivity index (χ2v) is 8.72. The van der Waals surface area contributed by atoms with Crippen LogP contribution in [-0.4, -0.2) is 29.8 Å². The van der Waals surface area contributed by atoms with Crippen molar-refractivity contribution in [3.05, 3.63) is 84.2 Å². The number of fused-ring (bicyclic) bond motifs is 1. The number of hydrogen-bond donors (Lipinski definition) is 3. The van der Waals surface area contributed by atoms with Gasteiger partial charge in [0.2, 0.25) is 0 Å². The first-order valence-corrected chi connectivity index (χ1v) is 11.0. The Labute approximate surface area is 183 Å². The number of aryl methyl sites for hydroxylation is 1. The number of carbonyl (C=O) groups excluding carboxylic acids is 2. The van der Waals surface area contributed by atoms with E-state index in [1.54, 1.807) is 30.3 Å². The smallest absolute Gasteiger partial charge is 0.267 e. The van der Waals surface area contributed by atoms with Crippen molar-refractivity contribution < 1.29 is 18.0 Å². The van der Waals surface area contributed by atoms with Gasteiger partial charge in [-0.15, -0.1) is 4.83 Å². The maximum atomic E-state index is 13.0. The van der Waals surface area contributed by atoms with Crippen molar-refractivity contribution in [3.8, 4) is 11.3 Å². The molecule has 0 bridgehead atoms. The number of para-hydroxylation sites is 1. The van der Waals surface area contributed by atoms with Crippen LogP contribution in [0.1, 0.15) is 20.8 Å². The van der Waals surface area contributed by atoms with Crippen LogP contribution in [-0.2, 0) is 17.1 Å². The minimum atomic E-state index is -4.14. The molecule has 4 N–H and O–H groups in total. The van der Waals surface area contributed by atoms with Crippen LogP contribution in [0.4, 0.5) is 0 Å². The molecule has 4 aromatic rings. The molecule has 2 aromatic heterocycles. The number of hydrogen-bond acceptors (Lipinski definition) is 5. The van der Waals surface area contributed by atoms with Crippen molar-refractivity contribution in [3.63, 3.8) is 0 Å². The fraction of sp³-hybridized carbons (Fsp3) is 0.0455. The molecule has 10 heteroatoms. The van der Waals surface area contributed by atoms with Crippen LogP contribution in [0.25, 0.3) is 22.2 Å². The average Bonchev–Trinajstić information content (AvgIpc) is 3.20. The number of amides is 2. The average molecular weight is 449 g/mol. The maximum Gasteiger partial charge on any atom is 0.267 e. The molecule has 0 aliphatic carbocycles. The van der Waals surface area contributed by atoms with E-state index in [1.165, 1.54) is 17.8 Å². The van der Waals surface area contributed by atoms with Gasteiger partial charge in [-0.25, -0.2) is 13.4 Å². The fourth-order valence-corrected chi connectivity index (χ4v) is 4.19. The van der Waals surface area contributed by atoms with Crippen LogP contribution in [0.3, 0.4) is 0 Å². The van der Waals surface area contributed by atoms with Crippen LogP contribution >= 0.6 is 0 Å². The molecule has 162 valence electrons. The zero-order valence-corrected chi connectivity index (χ0v) is 17.8. The number of primary amides is 1. The van der Waals surface area contributed by atoms with E-state index in [9.17, 15) is 18.0 Å². The number of carbonyl (C=O) groups is 2. The number of aromatic nitrogens is 2. The Bertz CT molecular complexity index is 1450. The van der Waals surface area contributed by atoms with E-state index in [2.05, 4.69) is 15.2 Å². The molecule has 0 atom stereocenters. The number of benzene rings is 2. The molecule has 0 radical (unpaired) electrons. The lowest BCUT2D eigenvalue weighted by molar-refractivity contribution is 0.0945. The normalized spacial score (nSPS) is 11.4. The number of nitrogens with two attached hydrogens (primary N) is 1. The number of pyridine rings is 1. The van der Waals surface area contributed by atoms with E-state index in [0.29, 0.717) is 16.6 Å². The van der Waals surface area contributed by atoms with Gasteiger partial charge in [0.05, 0.1) is 16.8 Å². The number of nitrogens with zero attached hydrogens (tertiary/aromatic N) is 2. The van der Waals surface area contributed by atoms with E-state index in [1.807, 2.05) is 30.3 Å². The summed E-state index contributed by atoms with van der Waals surface area (Å²) in [6.45, 7) is 0. The summed E-state index contributed by atoms with van der Waals surface area (Å²) < 4.78 is 26.5. The van der Waals surface area contributed by atoms with E-state index in [0.717, 1.165) is 11.6 Å². The lowest BCUT2D eigenvalue weighted by atomic mass is 10.0. The number of sulfonamides is 1. The van der Waals surface area contributed by atoms with E-state index < -0.39 is 21.8 Å². The summed E-state index contributed by atoms with van der Waals surface area (Å²) in [4.78, 5) is 30.8. The van der Waals surface area contributed by atoms with Crippen LogP contribution in [0.2, 0.25) is 0 Å². The number of hydrazine groups is 1. The highest BCUT2D eigenvalue weighted by atomic mass is 32.2. The molecule has 0 saturated heterocycles. The molecule has 0 fully saturated rings. The third-order valence-electron chi connectivity index (χ3n) is 4.87. The minimum Gasteiger partial charge on any atom is -0.364 e. The van der Waals surface area contributed by atoms with Crippen molar-refractivity contribution in [1.29, 1.82) is 0 Å². The maximum absolute atomic E-state index is 13.0. The van der Waals surface area contributed by atoms with Crippen LogP contribution in [0, 0.1) is 0 Å². The summed E-state index contributed by atoms with van der Waals surface area (Å²) in [6.07, 6.45) is 1.23. The fourth-order valence-electron chi connectivity index (χ4n) is 3.29. The van der Waals surface area contributed by atoms with Gasteiger partial charge in [0.15, 0.2) is 0 Å². The monoisotopic (exact) mass is 449 g/mol. The molecule has 2 heterocycles. The molecule has 2 aromatic carbocycles. The summed E-state index contributed by atoms with van der Waals surface area (Å²) in [7, 11) is -2.65. The molecular weight excluding hydrogens is 430 g/mol. The third kappa shape index (κ3) is 4.09. The summed E-state index contributed by atoms with van der Waals surface area (Å²) in [5.41, 5.74) is 9.73. The van der Waals surface area contributed by atoms with Gasteiger partial charge in [0, 0.05) is 24.2 Å². The summed E-state index contributed by atoms with van der Waals surface area (Å²) in [5.74, 6) is -1.43. The van der Waals surface area contributed by atoms with Gasteiger partial charge in [-0.1, -0.05) is 48.5 Å². The van der Waals surface area contributed by atoms with E-state index in [-0.39, 0.29) is 16.2 Å². The third-order valence-corrected chi connectivity index (χ3v) is 6.09. The van der Waals surface area contributed by atoms with Crippen molar-refractivity contribution >= 4 is 32.7 Å². The molecule has 0 spiro atoms. The molecule has 2 amide bonds. The highest BCUT2D eigenvalue weighted by Gasteiger charge is 2.21. The molecule has 0 aliphatic rings. The van der Waals surface area contributed by atoms with Gasteiger partial charge in [0.1, 0.15) is 10.6 Å². The summed E-state index contributed by atoms with van der Waals surface area (Å²) in [5, 5.41) is 0.569. The molecular formula is C22H19N5O4S. The van der Waals surface area contributed by atoms with Gasteiger partial charge in [-0.3, -0.25) is 15.0 Å². The summed E-state index contributed by atoms with van der Waals surface area (Å²) >= 11 is 0. The zero-order chi connectivity index (χ0) is 22.9. The zero-order valence-electron chi connectivity index (χ0n) is 16.9. The second kappa shape index (κ2) is 8.25. The largest absolute Gasteiger partial charge is 0.364 e. The van der Waals surface area contributed by atoms with E-state index >= 15 is 0 Å². The van der Waals surface area contributed by atoms with E-state index in [4.69, 9.17) is 5.73 Å². The predicted octanol–water partition coefficient (Wildman–Crippen LogP) is 1.96. The quantitative estimate of drug-likeness (QED) is 0.387. The Morgan fingerprint density at radius 1 is 1.00 bits per heavy atom. The minimum absolute atomic E-state index is 0.0179. The van der Waals surface area contributed by atoms with Gasteiger partial charge in [-0.2, -0.15) is 0 Å². The topological polar surface area (TPSA) is 136 Å². The highest BCUT2D eigenvalue weighted by Crippen LogP contribution is 2.24. The number of nitrogens with one attached hydrogen (secondary N) is 2. The van der Waals surface area contributed by atoms with Gasteiger partial charge in [0.25, 0.3) is 21.8 Å². The van der Waals surface area contributed by atoms with Crippen molar-refractivity contribution in [1.82, 2.24) is 19.8 Å².